The summed E-state index contributed by atoms with van der Waals surface area (Å²) in [5, 5.41) is 5.55. The zero-order chi connectivity index (χ0) is 18.2. The van der Waals surface area contributed by atoms with Crippen LogP contribution < -0.4 is 10.6 Å². The summed E-state index contributed by atoms with van der Waals surface area (Å²) in [5.41, 5.74) is 1.71. The summed E-state index contributed by atoms with van der Waals surface area (Å²) in [4.78, 5) is 26.3. The minimum Gasteiger partial charge on any atom is -0.472 e. The van der Waals surface area contributed by atoms with Crippen LogP contribution in [0.2, 0.25) is 0 Å². The molecule has 1 aliphatic heterocycles. The van der Waals surface area contributed by atoms with Crippen LogP contribution in [0.25, 0.3) is 0 Å². The first kappa shape index (κ1) is 18.2. The topological polar surface area (TPSA) is 74.6 Å². The lowest BCUT2D eigenvalue weighted by atomic mass is 10.0. The zero-order valence-corrected chi connectivity index (χ0v) is 14.8. The van der Waals surface area contributed by atoms with E-state index in [2.05, 4.69) is 39.8 Å². The van der Waals surface area contributed by atoms with Gasteiger partial charge in [0, 0.05) is 19.1 Å². The van der Waals surface area contributed by atoms with Crippen LogP contribution >= 0.6 is 0 Å². The van der Waals surface area contributed by atoms with E-state index >= 15 is 0 Å². The summed E-state index contributed by atoms with van der Waals surface area (Å²) in [5.74, 6) is -0.482. The molecule has 2 amide bonds. The molecular formula is C20H25N3O3. The highest BCUT2D eigenvalue weighted by Crippen LogP contribution is 2.19. The number of hydrogen-bond acceptors (Lipinski definition) is 4. The van der Waals surface area contributed by atoms with Gasteiger partial charge in [0.25, 0.3) is 5.91 Å². The number of nitrogens with one attached hydrogen (secondary N) is 2. The van der Waals surface area contributed by atoms with Crippen molar-refractivity contribution in [3.63, 3.8) is 0 Å². The smallest absolute Gasteiger partial charge is 0.254 e. The fraction of sp³-hybridized carbons (Fsp3) is 0.400. The van der Waals surface area contributed by atoms with Crippen LogP contribution in [0, 0.1) is 0 Å². The molecule has 26 heavy (non-hydrogen) atoms. The van der Waals surface area contributed by atoms with Crippen LogP contribution in [0.3, 0.4) is 0 Å². The van der Waals surface area contributed by atoms with Crippen LogP contribution in [0.4, 0.5) is 0 Å². The fourth-order valence-electron chi connectivity index (χ4n) is 3.27. The molecule has 2 heterocycles. The monoisotopic (exact) mass is 355 g/mol. The maximum atomic E-state index is 12.1. The number of carbonyl (C=O) groups is 2. The predicted octanol–water partition coefficient (Wildman–Crippen LogP) is 2.18. The first-order chi connectivity index (χ1) is 12.7. The maximum absolute atomic E-state index is 12.1. The molecule has 1 atom stereocenters. The molecule has 0 aliphatic carbocycles. The van der Waals surface area contributed by atoms with Gasteiger partial charge in [0.2, 0.25) is 5.91 Å². The van der Waals surface area contributed by atoms with Crippen molar-refractivity contribution < 1.29 is 14.0 Å². The molecule has 1 aromatic carbocycles. The second-order valence-corrected chi connectivity index (χ2v) is 6.60. The Bertz CT molecular complexity index is 700. The average molecular weight is 355 g/mol. The van der Waals surface area contributed by atoms with E-state index < -0.39 is 0 Å². The Kier molecular flexibility index (Phi) is 6.44. The summed E-state index contributed by atoms with van der Waals surface area (Å²) in [6, 6.07) is 12.3. The molecular weight excluding hydrogens is 330 g/mol. The third kappa shape index (κ3) is 5.20. The second kappa shape index (κ2) is 9.20. The number of furan rings is 1. The number of piperidine rings is 1. The molecule has 138 valence electrons. The summed E-state index contributed by atoms with van der Waals surface area (Å²) < 4.78 is 4.86. The number of nitrogens with zero attached hydrogens (tertiary/aromatic N) is 1. The lowest BCUT2D eigenvalue weighted by Gasteiger charge is -2.35. The molecule has 0 bridgehead atoms. The van der Waals surface area contributed by atoms with Gasteiger partial charge in [-0.05, 0) is 31.0 Å². The minimum atomic E-state index is -0.308. The molecule has 1 aromatic heterocycles. The summed E-state index contributed by atoms with van der Waals surface area (Å²) in [7, 11) is 0. The molecule has 2 N–H and O–H groups in total. The first-order valence-electron chi connectivity index (χ1n) is 9.07. The van der Waals surface area contributed by atoms with Gasteiger partial charge in [0.1, 0.15) is 6.26 Å². The Morgan fingerprint density at radius 3 is 2.73 bits per heavy atom. The number of likely N-dealkylation sites (tertiary alicyclic amines) is 1. The van der Waals surface area contributed by atoms with E-state index in [1.165, 1.54) is 30.9 Å². The third-order valence-electron chi connectivity index (χ3n) is 4.71. The predicted molar refractivity (Wildman–Crippen MR) is 98.5 cm³/mol. The van der Waals surface area contributed by atoms with E-state index in [0.717, 1.165) is 19.5 Å². The van der Waals surface area contributed by atoms with Crippen molar-refractivity contribution in [3.05, 3.63) is 60.1 Å². The van der Waals surface area contributed by atoms with Crippen molar-refractivity contribution >= 4 is 11.8 Å². The highest BCUT2D eigenvalue weighted by atomic mass is 16.3. The highest BCUT2D eigenvalue weighted by Gasteiger charge is 2.23. The second-order valence-electron chi connectivity index (χ2n) is 6.60. The Balaban J connectivity index is 1.44. The van der Waals surface area contributed by atoms with Crippen molar-refractivity contribution in [1.29, 1.82) is 0 Å². The molecule has 3 rings (SSSR count). The van der Waals surface area contributed by atoms with Crippen molar-refractivity contribution in [1.82, 2.24) is 15.5 Å². The Morgan fingerprint density at radius 2 is 1.96 bits per heavy atom. The Morgan fingerprint density at radius 1 is 1.12 bits per heavy atom. The van der Waals surface area contributed by atoms with Crippen molar-refractivity contribution in [2.75, 3.05) is 19.6 Å². The summed E-state index contributed by atoms with van der Waals surface area (Å²) in [6.07, 6.45) is 6.24. The molecule has 1 unspecified atom stereocenters. The van der Waals surface area contributed by atoms with Crippen molar-refractivity contribution in [2.24, 2.45) is 0 Å². The molecule has 0 spiro atoms. The molecule has 2 aromatic rings. The van der Waals surface area contributed by atoms with Gasteiger partial charge in [0.15, 0.2) is 0 Å². The first-order valence-corrected chi connectivity index (χ1v) is 9.07. The van der Waals surface area contributed by atoms with E-state index in [9.17, 15) is 9.59 Å². The van der Waals surface area contributed by atoms with E-state index in [-0.39, 0.29) is 18.4 Å². The van der Waals surface area contributed by atoms with Crippen molar-refractivity contribution in [3.8, 4) is 0 Å². The third-order valence-corrected chi connectivity index (χ3v) is 4.71. The molecule has 6 heteroatoms. The molecule has 0 radical (unpaired) electrons. The molecule has 0 saturated carbocycles. The number of amides is 2. The van der Waals surface area contributed by atoms with Gasteiger partial charge in [-0.1, -0.05) is 36.8 Å². The molecule has 6 nitrogen and oxygen atoms in total. The summed E-state index contributed by atoms with van der Waals surface area (Å²) >= 11 is 0. The van der Waals surface area contributed by atoms with Crippen LogP contribution in [0.1, 0.15) is 35.2 Å². The maximum Gasteiger partial charge on any atom is 0.254 e. The lowest BCUT2D eigenvalue weighted by Crippen LogP contribution is -2.47. The van der Waals surface area contributed by atoms with Gasteiger partial charge in [-0.3, -0.25) is 14.5 Å². The Labute approximate surface area is 153 Å². The van der Waals surface area contributed by atoms with Crippen molar-refractivity contribution in [2.45, 2.75) is 31.8 Å². The fourth-order valence-corrected chi connectivity index (χ4v) is 3.27. The van der Waals surface area contributed by atoms with Gasteiger partial charge in [-0.2, -0.15) is 0 Å². The lowest BCUT2D eigenvalue weighted by molar-refractivity contribution is -0.120. The van der Waals surface area contributed by atoms with Gasteiger partial charge in [-0.15, -0.1) is 0 Å². The quantitative estimate of drug-likeness (QED) is 0.798. The zero-order valence-electron chi connectivity index (χ0n) is 14.8. The number of carbonyl (C=O) groups excluding carboxylic acids is 2. The van der Waals surface area contributed by atoms with Crippen LogP contribution in [-0.4, -0.2) is 42.4 Å². The van der Waals surface area contributed by atoms with Crippen LogP contribution in [-0.2, 0) is 11.3 Å². The van der Waals surface area contributed by atoms with E-state index in [4.69, 9.17) is 4.42 Å². The van der Waals surface area contributed by atoms with Gasteiger partial charge in [0.05, 0.1) is 18.4 Å². The van der Waals surface area contributed by atoms with Gasteiger partial charge in [-0.25, -0.2) is 0 Å². The Hall–Kier alpha value is -2.60. The van der Waals surface area contributed by atoms with Crippen LogP contribution in [0.5, 0.6) is 0 Å². The van der Waals surface area contributed by atoms with Gasteiger partial charge < -0.3 is 15.1 Å². The molecule has 1 aliphatic rings. The number of rotatable bonds is 7. The normalized spacial score (nSPS) is 17.6. The molecule has 1 fully saturated rings. The summed E-state index contributed by atoms with van der Waals surface area (Å²) in [6.45, 7) is 2.52. The van der Waals surface area contributed by atoms with Crippen LogP contribution in [0.15, 0.2) is 53.3 Å². The highest BCUT2D eigenvalue weighted by molar-refractivity contribution is 5.96. The van der Waals surface area contributed by atoms with E-state index in [1.807, 2.05) is 6.07 Å². The standard InChI is InChI=1S/C20H25N3O3/c24-19(13-22-20(25)17-9-11-26-15-17)21-12-18-8-4-5-10-23(18)14-16-6-2-1-3-7-16/h1-3,6-7,9,11,15,18H,4-5,8,10,12-14H2,(H,21,24)(H,22,25). The van der Waals surface area contributed by atoms with E-state index in [1.54, 1.807) is 6.07 Å². The minimum absolute atomic E-state index is 0.0323. The van der Waals surface area contributed by atoms with E-state index in [0.29, 0.717) is 18.2 Å². The molecule has 1 saturated heterocycles. The average Bonchev–Trinajstić information content (AvgIpc) is 3.21. The number of hydrogen-bond donors (Lipinski definition) is 2. The SMILES string of the molecule is O=C(CNC(=O)c1ccoc1)NCC1CCCCN1Cc1ccccc1. The largest absolute Gasteiger partial charge is 0.472 e. The van der Waals surface area contributed by atoms with Gasteiger partial charge >= 0.3 is 0 Å². The number of benzene rings is 1.